The van der Waals surface area contributed by atoms with Gasteiger partial charge in [-0.2, -0.15) is 0 Å². The minimum atomic E-state index is -0.366. The quantitative estimate of drug-likeness (QED) is 0.249. The second-order valence-corrected chi connectivity index (χ2v) is 3.01. The maximum Gasteiger partial charge on any atom is 0.335 e. The first kappa shape index (κ1) is 13.4. The van der Waals surface area contributed by atoms with Crippen molar-refractivity contribution >= 4 is 5.97 Å². The number of hydrogen-bond acceptors (Lipinski definition) is 4. The third-order valence-electron chi connectivity index (χ3n) is 1.60. The summed E-state index contributed by atoms with van der Waals surface area (Å²) in [5, 5.41) is 0. The van der Waals surface area contributed by atoms with Crippen molar-refractivity contribution in [2.24, 2.45) is 0 Å². The van der Waals surface area contributed by atoms with E-state index in [9.17, 15) is 4.79 Å². The van der Waals surface area contributed by atoms with Crippen molar-refractivity contribution in [2.75, 3.05) is 19.8 Å². The van der Waals surface area contributed by atoms with Crippen molar-refractivity contribution in [3.05, 3.63) is 0 Å². The van der Waals surface area contributed by atoms with E-state index in [1.807, 2.05) is 6.92 Å². The van der Waals surface area contributed by atoms with Crippen molar-refractivity contribution in [1.82, 2.24) is 0 Å². The Balaban J connectivity index is 3.10. The standard InChI is InChI=1S/C10H20O4/c1-3-5-7-12-10(11)9-14-13-8-6-4-2/h3-9H2,1-2H3. The first-order valence-corrected chi connectivity index (χ1v) is 5.21. The molecule has 0 aliphatic rings. The Labute approximate surface area is 85.5 Å². The number of esters is 1. The van der Waals surface area contributed by atoms with Crippen LogP contribution in [0.4, 0.5) is 0 Å². The lowest BCUT2D eigenvalue weighted by Gasteiger charge is -2.04. The van der Waals surface area contributed by atoms with Gasteiger partial charge in [-0.3, -0.25) is 0 Å². The summed E-state index contributed by atoms with van der Waals surface area (Å²) < 4.78 is 4.85. The molecule has 84 valence electrons. The van der Waals surface area contributed by atoms with Crippen LogP contribution in [0, 0.1) is 0 Å². The van der Waals surface area contributed by atoms with Crippen LogP contribution in [0.1, 0.15) is 39.5 Å². The molecule has 0 aromatic carbocycles. The van der Waals surface area contributed by atoms with Gasteiger partial charge in [0.25, 0.3) is 0 Å². The first-order chi connectivity index (χ1) is 6.81. The Morgan fingerprint density at radius 1 is 1.00 bits per heavy atom. The number of carbonyl (C=O) groups is 1. The van der Waals surface area contributed by atoms with Crippen molar-refractivity contribution in [3.8, 4) is 0 Å². The highest BCUT2D eigenvalue weighted by Gasteiger charge is 2.02. The molecule has 0 amide bonds. The molecule has 0 unspecified atom stereocenters. The van der Waals surface area contributed by atoms with Gasteiger partial charge in [-0.25, -0.2) is 14.6 Å². The van der Waals surface area contributed by atoms with Gasteiger partial charge in [-0.15, -0.1) is 0 Å². The highest BCUT2D eigenvalue weighted by atomic mass is 17.2. The molecule has 14 heavy (non-hydrogen) atoms. The number of rotatable bonds is 9. The monoisotopic (exact) mass is 204 g/mol. The molecule has 0 heterocycles. The third kappa shape index (κ3) is 9.48. The average molecular weight is 204 g/mol. The maximum atomic E-state index is 10.9. The molecule has 0 aliphatic carbocycles. The lowest BCUT2D eigenvalue weighted by atomic mass is 10.4. The van der Waals surface area contributed by atoms with Gasteiger partial charge >= 0.3 is 5.97 Å². The Bertz CT molecular complexity index is 136. The van der Waals surface area contributed by atoms with Crippen molar-refractivity contribution in [2.45, 2.75) is 39.5 Å². The maximum absolute atomic E-state index is 10.9. The zero-order valence-corrected chi connectivity index (χ0v) is 9.08. The Morgan fingerprint density at radius 2 is 1.64 bits per heavy atom. The summed E-state index contributed by atoms with van der Waals surface area (Å²) in [6.45, 7) is 4.97. The Morgan fingerprint density at radius 3 is 2.29 bits per heavy atom. The third-order valence-corrected chi connectivity index (χ3v) is 1.60. The zero-order chi connectivity index (χ0) is 10.6. The minimum absolute atomic E-state index is 0.118. The predicted molar refractivity (Wildman–Crippen MR) is 52.7 cm³/mol. The predicted octanol–water partition coefficient (Wildman–Crippen LogP) is 2.08. The van der Waals surface area contributed by atoms with Gasteiger partial charge in [0, 0.05) is 0 Å². The molecular formula is C10H20O4. The lowest BCUT2D eigenvalue weighted by molar-refractivity contribution is -0.293. The van der Waals surface area contributed by atoms with Gasteiger partial charge in [0.1, 0.15) is 0 Å². The van der Waals surface area contributed by atoms with Crippen molar-refractivity contribution in [3.63, 3.8) is 0 Å². The molecule has 0 fully saturated rings. The second-order valence-electron chi connectivity index (χ2n) is 3.01. The van der Waals surface area contributed by atoms with Crippen LogP contribution in [0.5, 0.6) is 0 Å². The highest BCUT2D eigenvalue weighted by Crippen LogP contribution is 1.91. The SMILES string of the molecule is CCCCOOCC(=O)OCCCC. The highest BCUT2D eigenvalue weighted by molar-refractivity contribution is 5.70. The van der Waals surface area contributed by atoms with Crippen LogP contribution in [-0.2, 0) is 19.3 Å². The number of carbonyl (C=O) groups excluding carboxylic acids is 1. The molecule has 4 heteroatoms. The van der Waals surface area contributed by atoms with Crippen LogP contribution in [0.25, 0.3) is 0 Å². The summed E-state index contributed by atoms with van der Waals surface area (Å²) in [5.41, 5.74) is 0. The number of unbranched alkanes of at least 4 members (excludes halogenated alkanes) is 2. The summed E-state index contributed by atoms with van der Waals surface area (Å²) in [7, 11) is 0. The van der Waals surface area contributed by atoms with Crippen LogP contribution in [0.3, 0.4) is 0 Å². The topological polar surface area (TPSA) is 44.8 Å². The fraction of sp³-hybridized carbons (Fsp3) is 0.900. The molecule has 0 aromatic rings. The largest absolute Gasteiger partial charge is 0.464 e. The van der Waals surface area contributed by atoms with E-state index in [4.69, 9.17) is 9.62 Å². The normalized spacial score (nSPS) is 10.1. The van der Waals surface area contributed by atoms with Gasteiger partial charge in [-0.05, 0) is 12.8 Å². The fourth-order valence-corrected chi connectivity index (χ4v) is 0.724. The van der Waals surface area contributed by atoms with E-state index < -0.39 is 0 Å². The van der Waals surface area contributed by atoms with Gasteiger partial charge in [0.05, 0.1) is 13.2 Å². The van der Waals surface area contributed by atoms with Crippen molar-refractivity contribution < 1.29 is 19.3 Å². The molecule has 0 bridgehead atoms. The number of ether oxygens (including phenoxy) is 1. The molecule has 0 rings (SSSR count). The van der Waals surface area contributed by atoms with E-state index in [0.29, 0.717) is 13.2 Å². The summed E-state index contributed by atoms with van der Waals surface area (Å²) >= 11 is 0. The minimum Gasteiger partial charge on any atom is -0.464 e. The van der Waals surface area contributed by atoms with E-state index in [1.54, 1.807) is 0 Å². The van der Waals surface area contributed by atoms with Crippen LogP contribution in [0.2, 0.25) is 0 Å². The average Bonchev–Trinajstić information content (AvgIpc) is 2.18. The van der Waals surface area contributed by atoms with Crippen LogP contribution < -0.4 is 0 Å². The lowest BCUT2D eigenvalue weighted by Crippen LogP contribution is -2.13. The molecule has 0 aromatic heterocycles. The van der Waals surface area contributed by atoms with Crippen LogP contribution >= 0.6 is 0 Å². The van der Waals surface area contributed by atoms with Gasteiger partial charge in [-0.1, -0.05) is 26.7 Å². The first-order valence-electron chi connectivity index (χ1n) is 5.21. The molecule has 0 saturated carbocycles. The van der Waals surface area contributed by atoms with Gasteiger partial charge in [0.15, 0.2) is 6.61 Å². The van der Waals surface area contributed by atoms with Crippen molar-refractivity contribution in [1.29, 1.82) is 0 Å². The second kappa shape index (κ2) is 10.5. The molecule has 0 aliphatic heterocycles. The summed E-state index contributed by atoms with van der Waals surface area (Å²) in [6.07, 6.45) is 3.89. The van der Waals surface area contributed by atoms with Crippen LogP contribution in [0.15, 0.2) is 0 Å². The smallest absolute Gasteiger partial charge is 0.335 e. The van der Waals surface area contributed by atoms with E-state index in [1.165, 1.54) is 0 Å². The molecule has 0 atom stereocenters. The van der Waals surface area contributed by atoms with E-state index >= 15 is 0 Å². The number of hydrogen-bond donors (Lipinski definition) is 0. The molecule has 0 spiro atoms. The Hall–Kier alpha value is -0.610. The molecule has 0 N–H and O–H groups in total. The van der Waals surface area contributed by atoms with Gasteiger partial charge in [0.2, 0.25) is 0 Å². The zero-order valence-electron chi connectivity index (χ0n) is 9.08. The molecule has 0 radical (unpaired) electrons. The van der Waals surface area contributed by atoms with E-state index in [2.05, 4.69) is 11.8 Å². The van der Waals surface area contributed by atoms with E-state index in [0.717, 1.165) is 25.7 Å². The Kier molecular flexibility index (Phi) is 10.0. The fourth-order valence-electron chi connectivity index (χ4n) is 0.724. The molecular weight excluding hydrogens is 184 g/mol. The van der Waals surface area contributed by atoms with Crippen LogP contribution in [-0.4, -0.2) is 25.8 Å². The van der Waals surface area contributed by atoms with E-state index in [-0.39, 0.29) is 12.6 Å². The summed E-state index contributed by atoms with van der Waals surface area (Å²) in [4.78, 5) is 20.3. The summed E-state index contributed by atoms with van der Waals surface area (Å²) in [6, 6.07) is 0. The molecule has 4 nitrogen and oxygen atoms in total. The summed E-state index contributed by atoms with van der Waals surface area (Å²) in [5.74, 6) is -0.366. The van der Waals surface area contributed by atoms with Gasteiger partial charge < -0.3 is 4.74 Å². The molecule has 0 saturated heterocycles.